The highest BCUT2D eigenvalue weighted by Gasteiger charge is 2.38. The molecule has 162 valence electrons. The van der Waals surface area contributed by atoms with Crippen molar-refractivity contribution >= 4 is 5.78 Å². The number of hydrogen-bond donors (Lipinski definition) is 1. The van der Waals surface area contributed by atoms with Gasteiger partial charge in [0.1, 0.15) is 6.04 Å². The summed E-state index contributed by atoms with van der Waals surface area (Å²) in [7, 11) is 0. The van der Waals surface area contributed by atoms with Gasteiger partial charge in [-0.2, -0.15) is 5.21 Å². The number of benzene rings is 1. The second-order valence-electron chi connectivity index (χ2n) is 8.02. The van der Waals surface area contributed by atoms with Crippen molar-refractivity contribution in [3.63, 3.8) is 0 Å². The van der Waals surface area contributed by atoms with Crippen LogP contribution < -0.4 is 5.69 Å². The molecule has 9 heteroatoms. The monoisotopic (exact) mass is 429 g/mol. The number of unbranched alkanes of at least 4 members (excludes halogenated alkanes) is 1. The Morgan fingerprint density at radius 2 is 1.94 bits per heavy atom. The first kappa shape index (κ1) is 20.0. The van der Waals surface area contributed by atoms with E-state index in [4.69, 9.17) is 0 Å². The minimum Gasteiger partial charge on any atom is -0.297 e. The molecule has 1 N–H and O–H groups in total. The fourth-order valence-corrected chi connectivity index (χ4v) is 3.92. The molecular formula is C23H23N7O2. The van der Waals surface area contributed by atoms with Gasteiger partial charge in [0.25, 0.3) is 0 Å². The Morgan fingerprint density at radius 1 is 1.12 bits per heavy atom. The van der Waals surface area contributed by atoms with Crippen LogP contribution in [0, 0.1) is 0 Å². The van der Waals surface area contributed by atoms with Crippen molar-refractivity contribution in [3.8, 4) is 22.6 Å². The van der Waals surface area contributed by atoms with Gasteiger partial charge in [-0.1, -0.05) is 43.7 Å². The summed E-state index contributed by atoms with van der Waals surface area (Å²) in [5.41, 5.74) is 4.28. The minimum absolute atomic E-state index is 0.123. The molecule has 1 aromatic carbocycles. The van der Waals surface area contributed by atoms with Crippen molar-refractivity contribution in [2.75, 3.05) is 0 Å². The number of carbonyl (C=O) groups is 1. The van der Waals surface area contributed by atoms with Crippen molar-refractivity contribution in [3.05, 3.63) is 70.5 Å². The van der Waals surface area contributed by atoms with E-state index in [0.717, 1.165) is 47.3 Å². The molecule has 1 aliphatic rings. The molecule has 1 saturated carbocycles. The Balaban J connectivity index is 1.43. The van der Waals surface area contributed by atoms with Gasteiger partial charge in [0, 0.05) is 35.6 Å². The average Bonchev–Trinajstić information content (AvgIpc) is 3.20. The van der Waals surface area contributed by atoms with E-state index in [2.05, 4.69) is 32.5 Å². The van der Waals surface area contributed by atoms with E-state index in [-0.39, 0.29) is 17.5 Å². The fourth-order valence-electron chi connectivity index (χ4n) is 3.92. The van der Waals surface area contributed by atoms with Gasteiger partial charge in [-0.05, 0) is 29.7 Å². The van der Waals surface area contributed by atoms with Crippen molar-refractivity contribution in [2.45, 2.75) is 45.2 Å². The molecule has 0 saturated heterocycles. The highest BCUT2D eigenvalue weighted by Crippen LogP contribution is 2.30. The maximum absolute atomic E-state index is 13.0. The topological polar surface area (TPSA) is 111 Å². The quantitative estimate of drug-likeness (QED) is 0.461. The Morgan fingerprint density at radius 3 is 2.59 bits per heavy atom. The van der Waals surface area contributed by atoms with Gasteiger partial charge >= 0.3 is 5.69 Å². The number of aromatic amines is 1. The zero-order chi connectivity index (χ0) is 22.1. The third kappa shape index (κ3) is 3.77. The number of imidazole rings is 1. The molecule has 9 nitrogen and oxygen atoms in total. The third-order valence-corrected chi connectivity index (χ3v) is 5.77. The summed E-state index contributed by atoms with van der Waals surface area (Å²) >= 11 is 0. The number of carbonyl (C=O) groups excluding carboxylic acids is 1. The SMILES string of the molecule is CCCCc1cn(C2CC2=O)c(=O)n1Cc1ccc(-c2ccccc2-c2nn[nH]n2)nc1. The Bertz CT molecular complexity index is 1300. The summed E-state index contributed by atoms with van der Waals surface area (Å²) < 4.78 is 3.36. The highest BCUT2D eigenvalue weighted by atomic mass is 16.2. The lowest BCUT2D eigenvalue weighted by Gasteiger charge is -2.09. The predicted molar refractivity (Wildman–Crippen MR) is 118 cm³/mol. The molecule has 0 amide bonds. The van der Waals surface area contributed by atoms with Crippen LogP contribution in [-0.4, -0.2) is 40.5 Å². The zero-order valence-corrected chi connectivity index (χ0v) is 17.7. The van der Waals surface area contributed by atoms with E-state index in [1.165, 1.54) is 0 Å². The number of hydrogen-bond acceptors (Lipinski definition) is 6. The van der Waals surface area contributed by atoms with Crippen LogP contribution in [0.1, 0.15) is 43.5 Å². The van der Waals surface area contributed by atoms with E-state index in [9.17, 15) is 9.59 Å². The summed E-state index contributed by atoms with van der Waals surface area (Å²) in [4.78, 5) is 29.2. The summed E-state index contributed by atoms with van der Waals surface area (Å²) in [6.07, 6.45) is 6.94. The van der Waals surface area contributed by atoms with Gasteiger partial charge in [-0.3, -0.25) is 18.9 Å². The first-order chi connectivity index (χ1) is 15.7. The second-order valence-corrected chi connectivity index (χ2v) is 8.02. The van der Waals surface area contributed by atoms with Crippen LogP contribution in [0.25, 0.3) is 22.6 Å². The van der Waals surface area contributed by atoms with Gasteiger partial charge in [0.2, 0.25) is 5.82 Å². The third-order valence-electron chi connectivity index (χ3n) is 5.77. The van der Waals surface area contributed by atoms with E-state index >= 15 is 0 Å². The number of nitrogens with one attached hydrogen (secondary N) is 1. The lowest BCUT2D eigenvalue weighted by molar-refractivity contribution is -0.110. The number of rotatable bonds is 8. The Hall–Kier alpha value is -3.88. The maximum Gasteiger partial charge on any atom is 0.329 e. The van der Waals surface area contributed by atoms with Crippen LogP contribution in [0.2, 0.25) is 0 Å². The van der Waals surface area contributed by atoms with Crippen LogP contribution in [0.3, 0.4) is 0 Å². The molecular weight excluding hydrogens is 406 g/mol. The number of aromatic nitrogens is 7. The van der Waals surface area contributed by atoms with Crippen LogP contribution in [-0.2, 0) is 17.8 Å². The second kappa shape index (κ2) is 8.33. The molecule has 0 aliphatic heterocycles. The molecule has 3 heterocycles. The van der Waals surface area contributed by atoms with Gasteiger partial charge in [-0.15, -0.1) is 10.2 Å². The summed E-state index contributed by atoms with van der Waals surface area (Å²) in [6, 6.07) is 11.4. The van der Waals surface area contributed by atoms with E-state index in [0.29, 0.717) is 18.8 Å². The van der Waals surface area contributed by atoms with Crippen LogP contribution >= 0.6 is 0 Å². The van der Waals surface area contributed by atoms with E-state index in [1.807, 2.05) is 42.6 Å². The number of aryl methyl sites for hydroxylation is 1. The average molecular weight is 429 g/mol. The smallest absolute Gasteiger partial charge is 0.297 e. The van der Waals surface area contributed by atoms with E-state index < -0.39 is 0 Å². The van der Waals surface area contributed by atoms with Crippen LogP contribution in [0.15, 0.2) is 53.6 Å². The summed E-state index contributed by atoms with van der Waals surface area (Å²) in [5, 5.41) is 14.3. The molecule has 0 radical (unpaired) electrons. The lowest BCUT2D eigenvalue weighted by Crippen LogP contribution is -2.25. The molecule has 3 aromatic heterocycles. The summed E-state index contributed by atoms with van der Waals surface area (Å²) in [6.45, 7) is 2.55. The Labute approximate surface area is 184 Å². The molecule has 32 heavy (non-hydrogen) atoms. The number of H-pyrrole nitrogens is 1. The molecule has 1 fully saturated rings. The van der Waals surface area contributed by atoms with E-state index in [1.54, 1.807) is 15.3 Å². The van der Waals surface area contributed by atoms with Gasteiger partial charge in [0.05, 0.1) is 12.2 Å². The zero-order valence-electron chi connectivity index (χ0n) is 17.7. The minimum atomic E-state index is -0.286. The molecule has 1 aliphatic carbocycles. The molecule has 5 rings (SSSR count). The van der Waals surface area contributed by atoms with Gasteiger partial charge < -0.3 is 0 Å². The predicted octanol–water partition coefficient (Wildman–Crippen LogP) is 2.80. The molecule has 0 bridgehead atoms. The van der Waals surface area contributed by atoms with Gasteiger partial charge in [-0.25, -0.2) is 4.79 Å². The van der Waals surface area contributed by atoms with Gasteiger partial charge in [0.15, 0.2) is 5.78 Å². The number of pyridine rings is 1. The highest BCUT2D eigenvalue weighted by molar-refractivity contribution is 5.97. The summed E-state index contributed by atoms with van der Waals surface area (Å²) in [5.74, 6) is 0.632. The molecule has 1 unspecified atom stereocenters. The van der Waals surface area contributed by atoms with Crippen molar-refractivity contribution in [1.82, 2.24) is 34.7 Å². The standard InChI is InChI=1S/C23H23N7O2/c1-2-3-6-16-14-30(20-11-21(20)31)23(32)29(16)13-15-9-10-19(24-12-15)17-7-4-5-8-18(17)22-25-27-28-26-22/h4-5,7-10,12,14,20H,2-3,6,11,13H2,1H3,(H,25,26,27,28). The number of ketones is 1. The number of Topliss-reactive ketones (excluding diaryl/α,β-unsaturated/α-hetero) is 1. The van der Waals surface area contributed by atoms with Crippen LogP contribution in [0.4, 0.5) is 0 Å². The van der Waals surface area contributed by atoms with Crippen molar-refractivity contribution in [1.29, 1.82) is 0 Å². The fraction of sp³-hybridized carbons (Fsp3) is 0.304. The molecule has 0 spiro atoms. The van der Waals surface area contributed by atoms with Crippen molar-refractivity contribution < 1.29 is 4.79 Å². The lowest BCUT2D eigenvalue weighted by atomic mass is 10.0. The molecule has 1 atom stereocenters. The number of tetrazole rings is 1. The maximum atomic E-state index is 13.0. The number of nitrogens with zero attached hydrogens (tertiary/aromatic N) is 6. The van der Waals surface area contributed by atoms with Crippen LogP contribution in [0.5, 0.6) is 0 Å². The molecule has 4 aromatic rings. The largest absolute Gasteiger partial charge is 0.329 e. The normalized spacial score (nSPS) is 15.3. The first-order valence-corrected chi connectivity index (χ1v) is 10.8. The Kier molecular flexibility index (Phi) is 5.22. The first-order valence-electron chi connectivity index (χ1n) is 10.8. The van der Waals surface area contributed by atoms with Crippen molar-refractivity contribution in [2.24, 2.45) is 0 Å².